The van der Waals surface area contributed by atoms with E-state index < -0.39 is 0 Å². The summed E-state index contributed by atoms with van der Waals surface area (Å²) in [6.07, 6.45) is 2.07. The molecule has 2 aromatic carbocycles. The minimum Gasteiger partial charge on any atom is -0.341 e. The van der Waals surface area contributed by atoms with Crippen LogP contribution < -0.4 is 10.2 Å². The molecule has 2 heterocycles. The van der Waals surface area contributed by atoms with Crippen molar-refractivity contribution in [2.75, 3.05) is 31.1 Å². The van der Waals surface area contributed by atoms with Crippen molar-refractivity contribution in [1.82, 2.24) is 10.2 Å². The Hall–Kier alpha value is -2.04. The zero-order valence-electron chi connectivity index (χ0n) is 13.5. The maximum Gasteiger partial charge on any atom is 0.210 e. The molecule has 24 heavy (non-hydrogen) atoms. The first kappa shape index (κ1) is 16.8. The van der Waals surface area contributed by atoms with Crippen molar-refractivity contribution in [3.63, 3.8) is 0 Å². The first-order valence-corrected chi connectivity index (χ1v) is 8.24. The fourth-order valence-corrected chi connectivity index (χ4v) is 3.64. The number of piperazine rings is 1. The average Bonchev–Trinajstić information content (AvgIpc) is 3.06. The Labute approximate surface area is 148 Å². The molecule has 1 fully saturated rings. The van der Waals surface area contributed by atoms with E-state index in [1.807, 2.05) is 4.90 Å². The third kappa shape index (κ3) is 2.99. The number of nitrogens with one attached hydrogen (secondary N) is 1. The molecular formula is C19H22ClN3O. The summed E-state index contributed by atoms with van der Waals surface area (Å²) in [5.74, 6) is 0. The maximum absolute atomic E-state index is 11.2. The Bertz CT molecular complexity index is 704. The molecule has 0 saturated carbocycles. The maximum atomic E-state index is 11.2. The first-order chi connectivity index (χ1) is 11.4. The van der Waals surface area contributed by atoms with E-state index in [1.165, 1.54) is 22.5 Å². The molecule has 5 heteroatoms. The van der Waals surface area contributed by atoms with E-state index in [1.54, 1.807) is 0 Å². The third-order valence-electron chi connectivity index (χ3n) is 4.90. The molecule has 1 unspecified atom stereocenters. The Morgan fingerprint density at radius 1 is 1.04 bits per heavy atom. The van der Waals surface area contributed by atoms with Crippen LogP contribution in [0.2, 0.25) is 0 Å². The summed E-state index contributed by atoms with van der Waals surface area (Å²) in [5, 5.41) is 3.37. The lowest BCUT2D eigenvalue weighted by molar-refractivity contribution is -0.121. The number of benzene rings is 2. The van der Waals surface area contributed by atoms with Crippen LogP contribution in [0.4, 0.5) is 11.4 Å². The SMILES string of the molecule is Cl.O=CN1CCNCC1c1ccc(N2CCc3ccccc32)cc1. The molecule has 0 spiro atoms. The van der Waals surface area contributed by atoms with E-state index in [0.717, 1.165) is 39.0 Å². The molecule has 1 N–H and O–H groups in total. The van der Waals surface area contributed by atoms with E-state index in [4.69, 9.17) is 0 Å². The molecule has 4 nitrogen and oxygen atoms in total. The van der Waals surface area contributed by atoms with Crippen LogP contribution in [0, 0.1) is 0 Å². The summed E-state index contributed by atoms with van der Waals surface area (Å²) < 4.78 is 0. The molecule has 1 saturated heterocycles. The van der Waals surface area contributed by atoms with E-state index >= 15 is 0 Å². The Kier molecular flexibility index (Phi) is 5.07. The highest BCUT2D eigenvalue weighted by Gasteiger charge is 2.23. The van der Waals surface area contributed by atoms with Crippen LogP contribution in [0.15, 0.2) is 48.5 Å². The summed E-state index contributed by atoms with van der Waals surface area (Å²) in [6.45, 7) is 3.50. The standard InChI is InChI=1S/C19H21N3O.ClH/c23-14-21-12-10-20-13-19(21)16-5-7-17(8-6-16)22-11-9-15-3-1-2-4-18(15)22;/h1-8,14,19-20H,9-13H2;1H. The van der Waals surface area contributed by atoms with Crippen molar-refractivity contribution >= 4 is 30.2 Å². The zero-order chi connectivity index (χ0) is 15.6. The van der Waals surface area contributed by atoms with Gasteiger partial charge in [0, 0.05) is 37.6 Å². The van der Waals surface area contributed by atoms with Gasteiger partial charge in [-0.3, -0.25) is 4.79 Å². The zero-order valence-corrected chi connectivity index (χ0v) is 14.3. The van der Waals surface area contributed by atoms with Gasteiger partial charge in [0.15, 0.2) is 0 Å². The lowest BCUT2D eigenvalue weighted by atomic mass is 10.0. The normalized spacial score (nSPS) is 19.6. The molecule has 1 amide bonds. The molecule has 0 bridgehead atoms. The van der Waals surface area contributed by atoms with Crippen molar-refractivity contribution in [2.45, 2.75) is 12.5 Å². The molecule has 2 aromatic rings. The van der Waals surface area contributed by atoms with Gasteiger partial charge in [-0.1, -0.05) is 30.3 Å². The van der Waals surface area contributed by atoms with Gasteiger partial charge >= 0.3 is 0 Å². The minimum atomic E-state index is 0. The number of nitrogens with zero attached hydrogens (tertiary/aromatic N) is 2. The fourth-order valence-electron chi connectivity index (χ4n) is 3.64. The van der Waals surface area contributed by atoms with Crippen molar-refractivity contribution in [3.8, 4) is 0 Å². The second-order valence-corrected chi connectivity index (χ2v) is 6.19. The number of hydrogen-bond donors (Lipinski definition) is 1. The summed E-state index contributed by atoms with van der Waals surface area (Å²) in [7, 11) is 0. The fraction of sp³-hybridized carbons (Fsp3) is 0.316. The molecule has 0 aliphatic carbocycles. The highest BCUT2D eigenvalue weighted by Crippen LogP contribution is 2.35. The van der Waals surface area contributed by atoms with Crippen molar-refractivity contribution in [1.29, 1.82) is 0 Å². The number of carbonyl (C=O) groups is 1. The van der Waals surface area contributed by atoms with Crippen molar-refractivity contribution in [3.05, 3.63) is 59.7 Å². The van der Waals surface area contributed by atoms with Crippen LogP contribution in [0.5, 0.6) is 0 Å². The van der Waals surface area contributed by atoms with E-state index in [2.05, 4.69) is 58.7 Å². The monoisotopic (exact) mass is 343 g/mol. The summed E-state index contributed by atoms with van der Waals surface area (Å²) in [5.41, 5.74) is 5.15. The quantitative estimate of drug-likeness (QED) is 0.870. The topological polar surface area (TPSA) is 35.6 Å². The second-order valence-electron chi connectivity index (χ2n) is 6.19. The van der Waals surface area contributed by atoms with Gasteiger partial charge in [-0.05, 0) is 35.7 Å². The molecule has 1 atom stereocenters. The highest BCUT2D eigenvalue weighted by molar-refractivity contribution is 5.85. The van der Waals surface area contributed by atoms with Crippen LogP contribution in [0.3, 0.4) is 0 Å². The molecular weight excluding hydrogens is 322 g/mol. The van der Waals surface area contributed by atoms with Gasteiger partial charge < -0.3 is 15.1 Å². The predicted octanol–water partition coefficient (Wildman–Crippen LogP) is 2.91. The van der Waals surface area contributed by atoms with Gasteiger partial charge in [0.25, 0.3) is 0 Å². The number of amides is 1. The van der Waals surface area contributed by atoms with Crippen LogP contribution >= 0.6 is 12.4 Å². The van der Waals surface area contributed by atoms with E-state index in [9.17, 15) is 4.79 Å². The van der Waals surface area contributed by atoms with Gasteiger partial charge in [-0.2, -0.15) is 0 Å². The summed E-state index contributed by atoms with van der Waals surface area (Å²) in [6, 6.07) is 17.4. The molecule has 2 aliphatic heterocycles. The largest absolute Gasteiger partial charge is 0.341 e. The van der Waals surface area contributed by atoms with Gasteiger partial charge in [0.1, 0.15) is 0 Å². The Morgan fingerprint density at radius 2 is 1.83 bits per heavy atom. The number of carbonyl (C=O) groups excluding carboxylic acids is 1. The summed E-state index contributed by atoms with van der Waals surface area (Å²) in [4.78, 5) is 15.5. The molecule has 0 aromatic heterocycles. The smallest absolute Gasteiger partial charge is 0.210 e. The van der Waals surface area contributed by atoms with E-state index in [-0.39, 0.29) is 18.4 Å². The first-order valence-electron chi connectivity index (χ1n) is 8.24. The molecule has 2 aliphatic rings. The van der Waals surface area contributed by atoms with Gasteiger partial charge in [0.2, 0.25) is 6.41 Å². The number of fused-ring (bicyclic) bond motifs is 1. The number of hydrogen-bond acceptors (Lipinski definition) is 3. The van der Waals surface area contributed by atoms with Crippen LogP contribution in [-0.4, -0.2) is 37.5 Å². The number of rotatable bonds is 3. The third-order valence-corrected chi connectivity index (χ3v) is 4.90. The molecule has 126 valence electrons. The summed E-state index contributed by atoms with van der Waals surface area (Å²) >= 11 is 0. The lowest BCUT2D eigenvalue weighted by Crippen LogP contribution is -2.45. The second kappa shape index (κ2) is 7.24. The van der Waals surface area contributed by atoms with Crippen LogP contribution in [0.25, 0.3) is 0 Å². The molecule has 0 radical (unpaired) electrons. The average molecular weight is 344 g/mol. The Balaban J connectivity index is 0.00000169. The van der Waals surface area contributed by atoms with Crippen LogP contribution in [-0.2, 0) is 11.2 Å². The molecule has 4 rings (SSSR count). The highest BCUT2D eigenvalue weighted by atomic mass is 35.5. The number of anilines is 2. The van der Waals surface area contributed by atoms with E-state index in [0.29, 0.717) is 0 Å². The lowest BCUT2D eigenvalue weighted by Gasteiger charge is -2.33. The Morgan fingerprint density at radius 3 is 2.62 bits per heavy atom. The predicted molar refractivity (Wildman–Crippen MR) is 99.2 cm³/mol. The van der Waals surface area contributed by atoms with Gasteiger partial charge in [-0.15, -0.1) is 12.4 Å². The van der Waals surface area contributed by atoms with Crippen molar-refractivity contribution in [2.24, 2.45) is 0 Å². The minimum absolute atomic E-state index is 0. The van der Waals surface area contributed by atoms with Gasteiger partial charge in [0.05, 0.1) is 6.04 Å². The number of para-hydroxylation sites is 1. The van der Waals surface area contributed by atoms with Gasteiger partial charge in [-0.25, -0.2) is 0 Å². The van der Waals surface area contributed by atoms with Crippen LogP contribution in [0.1, 0.15) is 17.2 Å². The van der Waals surface area contributed by atoms with Crippen molar-refractivity contribution < 1.29 is 4.79 Å². The number of halogens is 1.